The minimum atomic E-state index is -3.57. The van der Waals surface area contributed by atoms with Gasteiger partial charge < -0.3 is 10.2 Å². The summed E-state index contributed by atoms with van der Waals surface area (Å²) in [5.74, 6) is -0.235. The van der Waals surface area contributed by atoms with Crippen molar-refractivity contribution in [1.29, 1.82) is 0 Å². The third-order valence-corrected chi connectivity index (χ3v) is 7.80. The van der Waals surface area contributed by atoms with E-state index in [0.29, 0.717) is 24.3 Å². The standard InChI is InChI=1S/C23H29N3O3S/c27-23(19-10-4-1-5-11-19)24-21-18-20(30(28,29)26-16-8-3-9-17-26)12-13-22(21)25-14-6-2-7-15-25/h1,4-5,10-13,18H,2-3,6-9,14-17H2,(H,24,27). The maximum atomic E-state index is 13.2. The first-order chi connectivity index (χ1) is 14.6. The Kier molecular flexibility index (Phi) is 6.39. The highest BCUT2D eigenvalue weighted by atomic mass is 32.2. The van der Waals surface area contributed by atoms with Crippen molar-refractivity contribution in [1.82, 2.24) is 4.31 Å². The molecule has 0 unspecified atom stereocenters. The van der Waals surface area contributed by atoms with Crippen LogP contribution in [0.1, 0.15) is 48.9 Å². The third-order valence-electron chi connectivity index (χ3n) is 5.90. The molecule has 0 aromatic heterocycles. The first-order valence-electron chi connectivity index (χ1n) is 10.8. The summed E-state index contributed by atoms with van der Waals surface area (Å²) in [6, 6.07) is 14.2. The summed E-state index contributed by atoms with van der Waals surface area (Å²) in [5.41, 5.74) is 1.99. The van der Waals surface area contributed by atoms with Crippen LogP contribution in [0, 0.1) is 0 Å². The first-order valence-corrected chi connectivity index (χ1v) is 12.3. The van der Waals surface area contributed by atoms with Gasteiger partial charge in [-0.2, -0.15) is 4.31 Å². The van der Waals surface area contributed by atoms with Crippen LogP contribution in [0.5, 0.6) is 0 Å². The van der Waals surface area contributed by atoms with E-state index in [1.807, 2.05) is 24.3 Å². The number of rotatable bonds is 5. The summed E-state index contributed by atoms with van der Waals surface area (Å²) in [4.78, 5) is 15.3. The van der Waals surface area contributed by atoms with Gasteiger partial charge in [-0.25, -0.2) is 8.42 Å². The molecule has 2 aliphatic heterocycles. The molecule has 30 heavy (non-hydrogen) atoms. The molecule has 2 heterocycles. The van der Waals surface area contributed by atoms with E-state index in [1.54, 1.807) is 28.6 Å². The Bertz CT molecular complexity index is 980. The van der Waals surface area contributed by atoms with Gasteiger partial charge in [-0.05, 0) is 62.4 Å². The molecule has 0 radical (unpaired) electrons. The fourth-order valence-electron chi connectivity index (χ4n) is 4.22. The molecule has 2 aromatic rings. The van der Waals surface area contributed by atoms with Gasteiger partial charge in [0.15, 0.2) is 0 Å². The number of hydrogen-bond donors (Lipinski definition) is 1. The zero-order chi connectivity index (χ0) is 21.0. The number of amides is 1. The summed E-state index contributed by atoms with van der Waals surface area (Å²) in [6.07, 6.45) is 6.24. The molecule has 0 spiro atoms. The molecule has 0 aliphatic carbocycles. The van der Waals surface area contributed by atoms with Gasteiger partial charge in [-0.1, -0.05) is 24.6 Å². The molecule has 0 atom stereocenters. The zero-order valence-corrected chi connectivity index (χ0v) is 18.0. The molecule has 7 heteroatoms. The van der Waals surface area contributed by atoms with Crippen molar-refractivity contribution in [3.05, 3.63) is 54.1 Å². The average Bonchev–Trinajstić information content (AvgIpc) is 2.81. The molecule has 4 rings (SSSR count). The molecular formula is C23H29N3O3S. The third kappa shape index (κ3) is 4.52. The van der Waals surface area contributed by atoms with Crippen LogP contribution in [0.3, 0.4) is 0 Å². The number of nitrogens with zero attached hydrogens (tertiary/aromatic N) is 2. The SMILES string of the molecule is O=C(Nc1cc(S(=O)(=O)N2CCCCC2)ccc1N1CCCCC1)c1ccccc1. The highest BCUT2D eigenvalue weighted by molar-refractivity contribution is 7.89. The predicted octanol–water partition coefficient (Wildman–Crippen LogP) is 4.10. The Labute approximate surface area is 178 Å². The zero-order valence-electron chi connectivity index (χ0n) is 17.2. The Morgan fingerprint density at radius 2 is 1.43 bits per heavy atom. The van der Waals surface area contributed by atoms with E-state index < -0.39 is 10.0 Å². The number of nitrogens with one attached hydrogen (secondary N) is 1. The van der Waals surface area contributed by atoms with E-state index >= 15 is 0 Å². The van der Waals surface area contributed by atoms with E-state index in [-0.39, 0.29) is 10.8 Å². The maximum absolute atomic E-state index is 13.2. The van der Waals surface area contributed by atoms with Crippen LogP contribution in [0.15, 0.2) is 53.4 Å². The second kappa shape index (κ2) is 9.18. The van der Waals surface area contributed by atoms with Crippen molar-refractivity contribution in [3.63, 3.8) is 0 Å². The summed E-state index contributed by atoms with van der Waals surface area (Å²) >= 11 is 0. The molecule has 1 N–H and O–H groups in total. The van der Waals surface area contributed by atoms with Crippen LogP contribution in [-0.2, 0) is 10.0 Å². The lowest BCUT2D eigenvalue weighted by Crippen LogP contribution is -2.35. The number of piperidine rings is 2. The molecule has 0 saturated carbocycles. The highest BCUT2D eigenvalue weighted by Crippen LogP contribution is 2.33. The van der Waals surface area contributed by atoms with Gasteiger partial charge >= 0.3 is 0 Å². The molecule has 2 fully saturated rings. The number of benzene rings is 2. The number of anilines is 2. The van der Waals surface area contributed by atoms with Crippen molar-refractivity contribution in [2.75, 3.05) is 36.4 Å². The van der Waals surface area contributed by atoms with E-state index in [0.717, 1.165) is 50.9 Å². The van der Waals surface area contributed by atoms with Gasteiger partial charge in [0.25, 0.3) is 5.91 Å². The van der Waals surface area contributed by atoms with Gasteiger partial charge in [0.05, 0.1) is 16.3 Å². The van der Waals surface area contributed by atoms with Gasteiger partial charge in [-0.15, -0.1) is 0 Å². The second-order valence-electron chi connectivity index (χ2n) is 8.01. The molecule has 6 nitrogen and oxygen atoms in total. The quantitative estimate of drug-likeness (QED) is 0.780. The number of carbonyl (C=O) groups excluding carboxylic acids is 1. The van der Waals surface area contributed by atoms with Gasteiger partial charge in [0, 0.05) is 31.7 Å². The Morgan fingerprint density at radius 1 is 0.800 bits per heavy atom. The van der Waals surface area contributed by atoms with Crippen molar-refractivity contribution in [2.45, 2.75) is 43.4 Å². The van der Waals surface area contributed by atoms with E-state index in [4.69, 9.17) is 0 Å². The van der Waals surface area contributed by atoms with Crippen molar-refractivity contribution in [3.8, 4) is 0 Å². The van der Waals surface area contributed by atoms with Crippen LogP contribution in [-0.4, -0.2) is 44.8 Å². The Morgan fingerprint density at radius 3 is 2.10 bits per heavy atom. The predicted molar refractivity (Wildman–Crippen MR) is 120 cm³/mol. The van der Waals surface area contributed by atoms with E-state index in [2.05, 4.69) is 10.2 Å². The average molecular weight is 428 g/mol. The summed E-state index contributed by atoms with van der Waals surface area (Å²) in [6.45, 7) is 2.93. The highest BCUT2D eigenvalue weighted by Gasteiger charge is 2.27. The monoisotopic (exact) mass is 427 g/mol. The normalized spacial score (nSPS) is 18.2. The lowest BCUT2D eigenvalue weighted by Gasteiger charge is -2.31. The lowest BCUT2D eigenvalue weighted by atomic mass is 10.1. The van der Waals surface area contributed by atoms with Crippen molar-refractivity contribution < 1.29 is 13.2 Å². The molecule has 2 aliphatic rings. The van der Waals surface area contributed by atoms with Crippen LogP contribution in [0.2, 0.25) is 0 Å². The van der Waals surface area contributed by atoms with Crippen LogP contribution in [0.4, 0.5) is 11.4 Å². The van der Waals surface area contributed by atoms with E-state index in [9.17, 15) is 13.2 Å². The number of sulfonamides is 1. The number of hydrogen-bond acceptors (Lipinski definition) is 4. The lowest BCUT2D eigenvalue weighted by molar-refractivity contribution is 0.102. The summed E-state index contributed by atoms with van der Waals surface area (Å²) in [5, 5.41) is 2.98. The van der Waals surface area contributed by atoms with Gasteiger partial charge in [0.2, 0.25) is 10.0 Å². The van der Waals surface area contributed by atoms with Crippen LogP contribution >= 0.6 is 0 Å². The van der Waals surface area contributed by atoms with Gasteiger partial charge in [0.1, 0.15) is 0 Å². The smallest absolute Gasteiger partial charge is 0.255 e. The van der Waals surface area contributed by atoms with E-state index in [1.165, 1.54) is 6.42 Å². The minimum Gasteiger partial charge on any atom is -0.370 e. The molecule has 1 amide bonds. The van der Waals surface area contributed by atoms with Crippen molar-refractivity contribution in [2.24, 2.45) is 0 Å². The molecule has 160 valence electrons. The fraction of sp³-hybridized carbons (Fsp3) is 0.435. The van der Waals surface area contributed by atoms with Crippen molar-refractivity contribution >= 4 is 27.3 Å². The Balaban J connectivity index is 1.68. The van der Waals surface area contributed by atoms with Crippen LogP contribution in [0.25, 0.3) is 0 Å². The molecule has 2 saturated heterocycles. The summed E-state index contributed by atoms with van der Waals surface area (Å²) in [7, 11) is -3.57. The minimum absolute atomic E-state index is 0.235. The fourth-order valence-corrected chi connectivity index (χ4v) is 5.77. The largest absolute Gasteiger partial charge is 0.370 e. The molecule has 2 aromatic carbocycles. The second-order valence-corrected chi connectivity index (χ2v) is 9.95. The Hall–Kier alpha value is -2.38. The maximum Gasteiger partial charge on any atom is 0.255 e. The first kappa shape index (κ1) is 20.9. The molecular weight excluding hydrogens is 398 g/mol. The topological polar surface area (TPSA) is 69.7 Å². The van der Waals surface area contributed by atoms with Crippen LogP contribution < -0.4 is 10.2 Å². The number of carbonyl (C=O) groups is 1. The van der Waals surface area contributed by atoms with Gasteiger partial charge in [-0.3, -0.25) is 4.79 Å². The molecule has 0 bridgehead atoms. The summed E-state index contributed by atoms with van der Waals surface area (Å²) < 4.78 is 27.9.